The number of hydrogen-bond donors (Lipinski definition) is 1. The normalized spacial score (nSPS) is 15.9. The minimum absolute atomic E-state index is 0.325. The van der Waals surface area contributed by atoms with Gasteiger partial charge in [0.15, 0.2) is 0 Å². The van der Waals surface area contributed by atoms with Gasteiger partial charge in [-0.05, 0) is 51.3 Å². The van der Waals surface area contributed by atoms with E-state index in [-0.39, 0.29) is 0 Å². The van der Waals surface area contributed by atoms with Crippen LogP contribution in [0.25, 0.3) is 0 Å². The minimum atomic E-state index is 0.325. The van der Waals surface area contributed by atoms with Crippen LogP contribution in [-0.4, -0.2) is 13.3 Å². The highest BCUT2D eigenvalue weighted by molar-refractivity contribution is 8.81. The van der Waals surface area contributed by atoms with Crippen molar-refractivity contribution >= 4 is 55.3 Å². The second-order valence-corrected chi connectivity index (χ2v) is 15.5. The fourth-order valence-corrected chi connectivity index (χ4v) is 8.73. The second kappa shape index (κ2) is 14.3. The van der Waals surface area contributed by atoms with E-state index in [2.05, 4.69) is 57.0 Å². The zero-order chi connectivity index (χ0) is 20.2. The van der Waals surface area contributed by atoms with E-state index in [1.165, 1.54) is 68.4 Å². The van der Waals surface area contributed by atoms with Crippen molar-refractivity contribution in [1.82, 2.24) is 9.25 Å². The van der Waals surface area contributed by atoms with Gasteiger partial charge in [-0.2, -0.15) is 0 Å². The SMILES string of the molecule is CCCCCCC(C)(C)SSC1=CNN(SSC(C)(C)CCCCCC)S1. The summed E-state index contributed by atoms with van der Waals surface area (Å²) in [4.78, 5) is 0. The highest BCUT2D eigenvalue weighted by Gasteiger charge is 2.25. The molecule has 0 bridgehead atoms. The van der Waals surface area contributed by atoms with Crippen molar-refractivity contribution in [1.29, 1.82) is 0 Å². The minimum Gasteiger partial charge on any atom is -0.304 e. The van der Waals surface area contributed by atoms with Gasteiger partial charge in [0.2, 0.25) is 0 Å². The number of unbranched alkanes of at least 4 members (excludes halogenated alkanes) is 6. The van der Waals surface area contributed by atoms with Gasteiger partial charge in [0.1, 0.15) is 0 Å². The number of hydrazine groups is 1. The quantitative estimate of drug-likeness (QED) is 0.136. The lowest BCUT2D eigenvalue weighted by Gasteiger charge is -2.25. The topological polar surface area (TPSA) is 15.3 Å². The van der Waals surface area contributed by atoms with E-state index in [4.69, 9.17) is 0 Å². The van der Waals surface area contributed by atoms with Gasteiger partial charge >= 0.3 is 0 Å². The Balaban J connectivity index is 2.19. The molecule has 0 amide bonds. The van der Waals surface area contributed by atoms with Crippen LogP contribution in [0.4, 0.5) is 0 Å². The predicted octanol–water partition coefficient (Wildman–Crippen LogP) is 9.43. The Morgan fingerprint density at radius 1 is 0.852 bits per heavy atom. The Hall–Kier alpha value is 1.25. The van der Waals surface area contributed by atoms with E-state index in [1.54, 1.807) is 0 Å². The molecule has 2 nitrogen and oxygen atoms in total. The molecule has 0 aromatic heterocycles. The maximum absolute atomic E-state index is 3.39. The Labute approximate surface area is 189 Å². The summed E-state index contributed by atoms with van der Waals surface area (Å²) in [5.74, 6) is 0. The number of nitrogens with zero attached hydrogens (tertiary/aromatic N) is 1. The summed E-state index contributed by atoms with van der Waals surface area (Å²) in [6, 6.07) is 0. The van der Waals surface area contributed by atoms with Crippen LogP contribution in [0.3, 0.4) is 0 Å². The molecule has 0 radical (unpaired) electrons. The van der Waals surface area contributed by atoms with Crippen LogP contribution in [-0.2, 0) is 0 Å². The molecule has 0 aromatic carbocycles. The van der Waals surface area contributed by atoms with Crippen LogP contribution in [0.15, 0.2) is 10.4 Å². The third kappa shape index (κ3) is 13.2. The molecule has 7 heteroatoms. The molecule has 0 aliphatic carbocycles. The first-order valence-electron chi connectivity index (χ1n) is 10.4. The molecule has 0 atom stereocenters. The zero-order valence-electron chi connectivity index (χ0n) is 18.1. The molecule has 1 aliphatic heterocycles. The molecule has 0 unspecified atom stereocenters. The molecule has 1 aliphatic rings. The van der Waals surface area contributed by atoms with E-state index in [0.29, 0.717) is 9.49 Å². The van der Waals surface area contributed by atoms with Crippen LogP contribution in [0.2, 0.25) is 0 Å². The first-order valence-corrected chi connectivity index (χ1v) is 15.5. The summed E-state index contributed by atoms with van der Waals surface area (Å²) in [5, 5.41) is 0. The Bertz CT molecular complexity index is 427. The monoisotopic (exact) mass is 468 g/mol. The zero-order valence-corrected chi connectivity index (χ0v) is 22.2. The summed E-state index contributed by atoms with van der Waals surface area (Å²) in [7, 11) is 7.77. The lowest BCUT2D eigenvalue weighted by atomic mass is 10.0. The molecule has 0 saturated heterocycles. The van der Waals surface area contributed by atoms with E-state index >= 15 is 0 Å². The Morgan fingerprint density at radius 2 is 1.41 bits per heavy atom. The maximum Gasteiger partial charge on any atom is 0.0865 e. The molecule has 1 rings (SSSR count). The van der Waals surface area contributed by atoms with Crippen LogP contribution >= 0.6 is 55.3 Å². The summed E-state index contributed by atoms with van der Waals surface area (Å²) in [6.45, 7) is 14.1. The van der Waals surface area contributed by atoms with Crippen molar-refractivity contribution in [2.24, 2.45) is 0 Å². The molecule has 0 saturated carbocycles. The van der Waals surface area contributed by atoms with Gasteiger partial charge in [-0.15, -0.1) is 0 Å². The largest absolute Gasteiger partial charge is 0.304 e. The second-order valence-electron chi connectivity index (χ2n) is 8.41. The van der Waals surface area contributed by atoms with E-state index in [0.717, 1.165) is 0 Å². The van der Waals surface area contributed by atoms with Crippen molar-refractivity contribution < 1.29 is 0 Å². The molecule has 0 aromatic rings. The number of hydrogen-bond acceptors (Lipinski definition) is 7. The van der Waals surface area contributed by atoms with Gasteiger partial charge in [0.25, 0.3) is 0 Å². The molecule has 0 spiro atoms. The third-order valence-electron chi connectivity index (χ3n) is 4.41. The summed E-state index contributed by atoms with van der Waals surface area (Å²) in [5.41, 5.74) is 3.39. The predicted molar refractivity (Wildman–Crippen MR) is 137 cm³/mol. The van der Waals surface area contributed by atoms with E-state index in [1.807, 2.05) is 55.3 Å². The van der Waals surface area contributed by atoms with Crippen molar-refractivity contribution in [2.75, 3.05) is 0 Å². The van der Waals surface area contributed by atoms with Crippen LogP contribution in [0, 0.1) is 0 Å². The molecule has 0 fully saturated rings. The van der Waals surface area contributed by atoms with Gasteiger partial charge in [-0.1, -0.05) is 90.6 Å². The Morgan fingerprint density at radius 3 is 1.96 bits per heavy atom. The third-order valence-corrected chi connectivity index (χ3v) is 12.7. The summed E-state index contributed by atoms with van der Waals surface area (Å²) < 4.78 is 4.22. The summed E-state index contributed by atoms with van der Waals surface area (Å²) >= 11 is 1.82. The van der Waals surface area contributed by atoms with E-state index < -0.39 is 0 Å². The summed E-state index contributed by atoms with van der Waals surface area (Å²) in [6.07, 6.45) is 15.6. The van der Waals surface area contributed by atoms with Crippen LogP contribution in [0.1, 0.15) is 106 Å². The molecular formula is C20H40N2S5. The average molecular weight is 469 g/mol. The van der Waals surface area contributed by atoms with Gasteiger partial charge < -0.3 is 5.43 Å². The lowest BCUT2D eigenvalue weighted by molar-refractivity contribution is 0.561. The average Bonchev–Trinajstić information content (AvgIpc) is 3.08. The van der Waals surface area contributed by atoms with Crippen LogP contribution in [0.5, 0.6) is 0 Å². The van der Waals surface area contributed by atoms with Crippen molar-refractivity contribution in [3.63, 3.8) is 0 Å². The first kappa shape index (κ1) is 26.3. The van der Waals surface area contributed by atoms with Gasteiger partial charge in [0.05, 0.1) is 4.24 Å². The van der Waals surface area contributed by atoms with E-state index in [9.17, 15) is 0 Å². The smallest absolute Gasteiger partial charge is 0.0865 e. The molecular weight excluding hydrogens is 429 g/mol. The van der Waals surface area contributed by atoms with Crippen molar-refractivity contribution in [3.05, 3.63) is 10.4 Å². The van der Waals surface area contributed by atoms with Crippen LogP contribution < -0.4 is 5.43 Å². The fourth-order valence-electron chi connectivity index (χ4n) is 2.64. The molecule has 160 valence electrons. The van der Waals surface area contributed by atoms with Crippen molar-refractivity contribution in [2.45, 2.75) is 115 Å². The fraction of sp³-hybridized carbons (Fsp3) is 0.900. The Kier molecular flexibility index (Phi) is 13.9. The van der Waals surface area contributed by atoms with Crippen molar-refractivity contribution in [3.8, 4) is 0 Å². The standard InChI is InChI=1S/C20H40N2S5/c1-7-9-11-13-15-19(3,4)25-24-18-17-21-22(23-18)27-26-20(5,6)16-14-12-10-8-2/h17,21H,7-16H2,1-6H3. The highest BCUT2D eigenvalue weighted by Crippen LogP contribution is 2.52. The molecule has 1 heterocycles. The molecule has 27 heavy (non-hydrogen) atoms. The number of rotatable bonds is 16. The highest BCUT2D eigenvalue weighted by atomic mass is 33.1. The lowest BCUT2D eigenvalue weighted by Crippen LogP contribution is -2.18. The van der Waals surface area contributed by atoms with Gasteiger partial charge in [0, 0.05) is 38.6 Å². The van der Waals surface area contributed by atoms with Gasteiger partial charge in [-0.25, -0.2) is 0 Å². The van der Waals surface area contributed by atoms with Gasteiger partial charge in [-0.3, -0.25) is 0 Å². The first-order chi connectivity index (χ1) is 12.8. The number of nitrogens with one attached hydrogen (secondary N) is 1. The maximum atomic E-state index is 3.39. The molecule has 1 N–H and O–H groups in total.